The molecule has 1 aromatic rings. The van der Waals surface area contributed by atoms with E-state index in [0.717, 1.165) is 12.8 Å². The van der Waals surface area contributed by atoms with Crippen LogP contribution in [-0.4, -0.2) is 30.4 Å². The summed E-state index contributed by atoms with van der Waals surface area (Å²) in [5.41, 5.74) is 0.757. The monoisotopic (exact) mass is 360 g/mol. The molecule has 0 unspecified atom stereocenters. The summed E-state index contributed by atoms with van der Waals surface area (Å²) in [4.78, 5) is 11.8. The molecular weight excluding hydrogens is 328 g/mol. The number of carbonyl (C=O) groups is 1. The van der Waals surface area contributed by atoms with Gasteiger partial charge in [0.25, 0.3) is 0 Å². The minimum atomic E-state index is -0.429. The SMILES string of the molecule is C[C@@H](/C=C/[C@@H]1CC[C@@H](OCc2ccccc2)CO1)CC(=O)OC(C)(C)C. The molecule has 0 N–H and O–H groups in total. The van der Waals surface area contributed by atoms with E-state index in [-0.39, 0.29) is 24.1 Å². The van der Waals surface area contributed by atoms with Crippen LogP contribution in [-0.2, 0) is 25.6 Å². The van der Waals surface area contributed by atoms with Gasteiger partial charge in [-0.3, -0.25) is 4.79 Å². The lowest BCUT2D eigenvalue weighted by Gasteiger charge is -2.27. The van der Waals surface area contributed by atoms with Crippen molar-refractivity contribution in [3.05, 3.63) is 48.0 Å². The molecule has 0 aromatic heterocycles. The minimum absolute atomic E-state index is 0.104. The Morgan fingerprint density at radius 2 is 2.00 bits per heavy atom. The van der Waals surface area contributed by atoms with Gasteiger partial charge >= 0.3 is 5.97 Å². The number of hydrogen-bond acceptors (Lipinski definition) is 4. The first-order valence-electron chi connectivity index (χ1n) is 9.49. The van der Waals surface area contributed by atoms with Gasteiger partial charge in [-0.2, -0.15) is 0 Å². The van der Waals surface area contributed by atoms with Gasteiger partial charge in [0, 0.05) is 0 Å². The summed E-state index contributed by atoms with van der Waals surface area (Å²) in [6.07, 6.45) is 6.70. The highest BCUT2D eigenvalue weighted by Gasteiger charge is 2.21. The molecule has 0 radical (unpaired) electrons. The Balaban J connectivity index is 1.66. The van der Waals surface area contributed by atoms with Crippen molar-refractivity contribution < 1.29 is 19.0 Å². The molecule has 1 aromatic carbocycles. The molecule has 144 valence electrons. The van der Waals surface area contributed by atoms with E-state index in [1.54, 1.807) is 0 Å². The van der Waals surface area contributed by atoms with Crippen molar-refractivity contribution >= 4 is 5.97 Å². The number of allylic oxidation sites excluding steroid dienone is 1. The molecule has 0 saturated carbocycles. The van der Waals surface area contributed by atoms with Crippen LogP contribution in [0.1, 0.15) is 52.5 Å². The molecule has 26 heavy (non-hydrogen) atoms. The second kappa shape index (κ2) is 9.89. The van der Waals surface area contributed by atoms with E-state index >= 15 is 0 Å². The number of carbonyl (C=O) groups excluding carboxylic acids is 1. The number of benzene rings is 1. The molecule has 4 heteroatoms. The van der Waals surface area contributed by atoms with Gasteiger partial charge in [-0.15, -0.1) is 0 Å². The fourth-order valence-electron chi connectivity index (χ4n) is 2.85. The third-order valence-electron chi connectivity index (χ3n) is 4.16. The second-order valence-electron chi connectivity index (χ2n) is 8.02. The van der Waals surface area contributed by atoms with Crippen LogP contribution in [0.25, 0.3) is 0 Å². The summed E-state index contributed by atoms with van der Waals surface area (Å²) < 4.78 is 17.2. The Morgan fingerprint density at radius 3 is 2.62 bits per heavy atom. The summed E-state index contributed by atoms with van der Waals surface area (Å²) >= 11 is 0. The smallest absolute Gasteiger partial charge is 0.306 e. The maximum absolute atomic E-state index is 11.8. The molecule has 0 aliphatic carbocycles. The number of hydrogen-bond donors (Lipinski definition) is 0. The number of esters is 1. The summed E-state index contributed by atoms with van der Waals surface area (Å²) in [6, 6.07) is 10.2. The summed E-state index contributed by atoms with van der Waals surface area (Å²) in [5.74, 6) is -0.0194. The van der Waals surface area contributed by atoms with Crippen molar-refractivity contribution in [3.8, 4) is 0 Å². The first-order chi connectivity index (χ1) is 12.3. The van der Waals surface area contributed by atoms with Crippen LogP contribution in [0.4, 0.5) is 0 Å². The zero-order valence-corrected chi connectivity index (χ0v) is 16.4. The van der Waals surface area contributed by atoms with Crippen molar-refractivity contribution in [2.45, 2.75) is 71.4 Å². The molecule has 4 nitrogen and oxygen atoms in total. The minimum Gasteiger partial charge on any atom is -0.460 e. The van der Waals surface area contributed by atoms with Gasteiger partial charge in [0.15, 0.2) is 0 Å². The summed E-state index contributed by atoms with van der Waals surface area (Å²) in [5, 5.41) is 0. The van der Waals surface area contributed by atoms with Crippen LogP contribution in [0.3, 0.4) is 0 Å². The lowest BCUT2D eigenvalue weighted by atomic mass is 10.0. The Kier molecular flexibility index (Phi) is 7.85. The molecule has 1 saturated heterocycles. The third-order valence-corrected chi connectivity index (χ3v) is 4.16. The lowest BCUT2D eigenvalue weighted by Crippen LogP contribution is -2.30. The molecule has 2 rings (SSSR count). The van der Waals surface area contributed by atoms with Gasteiger partial charge in [-0.05, 0) is 45.1 Å². The molecule has 3 atom stereocenters. The normalized spacial score (nSPS) is 22.3. The average Bonchev–Trinajstić information content (AvgIpc) is 2.58. The first kappa shape index (κ1) is 20.7. The second-order valence-corrected chi connectivity index (χ2v) is 8.02. The van der Waals surface area contributed by atoms with Crippen molar-refractivity contribution in [3.63, 3.8) is 0 Å². The Morgan fingerprint density at radius 1 is 1.27 bits per heavy atom. The highest BCUT2D eigenvalue weighted by molar-refractivity contribution is 5.70. The fourth-order valence-corrected chi connectivity index (χ4v) is 2.85. The molecule has 0 bridgehead atoms. The third kappa shape index (κ3) is 8.15. The summed E-state index contributed by atoms with van der Waals surface area (Å²) in [7, 11) is 0. The van der Waals surface area contributed by atoms with Gasteiger partial charge in [-0.25, -0.2) is 0 Å². The predicted octanol–water partition coefficient (Wildman–Crippen LogP) is 4.67. The Labute approximate surface area is 157 Å². The Bertz CT molecular complexity index is 566. The highest BCUT2D eigenvalue weighted by Crippen LogP contribution is 2.20. The van der Waals surface area contributed by atoms with Crippen LogP contribution < -0.4 is 0 Å². The highest BCUT2D eigenvalue weighted by atomic mass is 16.6. The van der Waals surface area contributed by atoms with Gasteiger partial charge < -0.3 is 14.2 Å². The van der Waals surface area contributed by atoms with E-state index in [4.69, 9.17) is 14.2 Å². The summed E-state index contributed by atoms with van der Waals surface area (Å²) in [6.45, 7) is 8.92. The van der Waals surface area contributed by atoms with Gasteiger partial charge in [0.05, 0.1) is 31.8 Å². The standard InChI is InChI=1S/C22H32O4/c1-17(14-21(23)26-22(2,3)4)10-11-19-12-13-20(16-25-19)24-15-18-8-6-5-7-9-18/h5-11,17,19-20H,12-16H2,1-4H3/b11-10+/t17-,19+,20+/m0/s1. The Hall–Kier alpha value is -1.65. The molecule has 0 spiro atoms. The van der Waals surface area contributed by atoms with E-state index < -0.39 is 5.60 Å². The zero-order valence-electron chi connectivity index (χ0n) is 16.4. The molecule has 0 amide bonds. The topological polar surface area (TPSA) is 44.8 Å². The quantitative estimate of drug-likeness (QED) is 0.523. The molecule has 1 heterocycles. The van der Waals surface area contributed by atoms with Gasteiger partial charge in [0.2, 0.25) is 0 Å². The van der Waals surface area contributed by atoms with E-state index in [0.29, 0.717) is 19.6 Å². The molecule has 1 aliphatic rings. The maximum atomic E-state index is 11.8. The van der Waals surface area contributed by atoms with Crippen molar-refractivity contribution in [1.29, 1.82) is 0 Å². The van der Waals surface area contributed by atoms with Crippen molar-refractivity contribution in [1.82, 2.24) is 0 Å². The van der Waals surface area contributed by atoms with Crippen LogP contribution in [0.15, 0.2) is 42.5 Å². The maximum Gasteiger partial charge on any atom is 0.306 e. The molecular formula is C22H32O4. The number of rotatable bonds is 7. The van der Waals surface area contributed by atoms with E-state index in [9.17, 15) is 4.79 Å². The van der Waals surface area contributed by atoms with Crippen molar-refractivity contribution in [2.24, 2.45) is 5.92 Å². The fraction of sp³-hybridized carbons (Fsp3) is 0.591. The van der Waals surface area contributed by atoms with Crippen LogP contribution in [0.5, 0.6) is 0 Å². The largest absolute Gasteiger partial charge is 0.460 e. The first-order valence-corrected chi connectivity index (χ1v) is 9.49. The van der Waals surface area contributed by atoms with Gasteiger partial charge in [-0.1, -0.05) is 49.4 Å². The lowest BCUT2D eigenvalue weighted by molar-refractivity contribution is -0.155. The van der Waals surface area contributed by atoms with Crippen LogP contribution in [0.2, 0.25) is 0 Å². The van der Waals surface area contributed by atoms with E-state index in [2.05, 4.69) is 24.3 Å². The van der Waals surface area contributed by atoms with E-state index in [1.165, 1.54) is 5.56 Å². The van der Waals surface area contributed by atoms with Crippen LogP contribution >= 0.6 is 0 Å². The molecule has 1 fully saturated rings. The van der Waals surface area contributed by atoms with Crippen molar-refractivity contribution in [2.75, 3.05) is 6.61 Å². The van der Waals surface area contributed by atoms with E-state index in [1.807, 2.05) is 45.9 Å². The van der Waals surface area contributed by atoms with Crippen LogP contribution in [0, 0.1) is 5.92 Å². The zero-order chi connectivity index (χ0) is 19.0. The number of ether oxygens (including phenoxy) is 3. The predicted molar refractivity (Wildman–Crippen MR) is 103 cm³/mol. The molecule has 1 aliphatic heterocycles. The van der Waals surface area contributed by atoms with Gasteiger partial charge in [0.1, 0.15) is 5.60 Å². The average molecular weight is 360 g/mol.